The van der Waals surface area contributed by atoms with Crippen molar-refractivity contribution in [2.45, 2.75) is 51.4 Å². The number of amides is 1. The predicted octanol–water partition coefficient (Wildman–Crippen LogP) is 2.71. The highest BCUT2D eigenvalue weighted by molar-refractivity contribution is 5.95. The van der Waals surface area contributed by atoms with E-state index in [0.29, 0.717) is 5.56 Å². The lowest BCUT2D eigenvalue weighted by Crippen LogP contribution is -2.30. The van der Waals surface area contributed by atoms with E-state index in [1.165, 1.54) is 19.3 Å². The first kappa shape index (κ1) is 12.1. The molecule has 1 aliphatic rings. The maximum Gasteiger partial charge on any atom is 0.250 e. The van der Waals surface area contributed by atoms with Crippen LogP contribution in [-0.4, -0.2) is 10.9 Å². The van der Waals surface area contributed by atoms with E-state index in [9.17, 15) is 4.79 Å². The summed E-state index contributed by atoms with van der Waals surface area (Å²) < 4.78 is 0. The average molecular weight is 232 g/mol. The lowest BCUT2D eigenvalue weighted by atomic mass is 9.69. The number of aryl methyl sites for hydroxylation is 1. The molecule has 92 valence electrons. The minimum Gasteiger partial charge on any atom is -0.366 e. The van der Waals surface area contributed by atoms with Crippen LogP contribution in [-0.2, 0) is 5.41 Å². The van der Waals surface area contributed by atoms with E-state index < -0.39 is 0 Å². The van der Waals surface area contributed by atoms with Gasteiger partial charge in [0.1, 0.15) is 0 Å². The number of pyridine rings is 1. The van der Waals surface area contributed by atoms with Gasteiger partial charge in [0, 0.05) is 6.20 Å². The molecule has 1 heterocycles. The van der Waals surface area contributed by atoms with Crippen molar-refractivity contribution in [1.29, 1.82) is 0 Å². The zero-order valence-electron chi connectivity index (χ0n) is 10.6. The molecule has 0 unspecified atom stereocenters. The number of carbonyl (C=O) groups is 1. The minimum atomic E-state index is -0.350. The van der Waals surface area contributed by atoms with Crippen LogP contribution in [0.2, 0.25) is 0 Å². The molecule has 0 atom stereocenters. The number of carbonyl (C=O) groups excluding carboxylic acids is 1. The van der Waals surface area contributed by atoms with Crippen LogP contribution < -0.4 is 5.73 Å². The molecular weight excluding hydrogens is 212 g/mol. The first-order valence-corrected chi connectivity index (χ1v) is 6.30. The summed E-state index contributed by atoms with van der Waals surface area (Å²) in [4.78, 5) is 15.8. The summed E-state index contributed by atoms with van der Waals surface area (Å²) in [5.41, 5.74) is 8.08. The number of rotatable bonds is 2. The van der Waals surface area contributed by atoms with Crippen LogP contribution in [0.4, 0.5) is 0 Å². The molecule has 2 rings (SSSR count). The maximum atomic E-state index is 11.6. The Morgan fingerprint density at radius 3 is 2.59 bits per heavy atom. The molecule has 2 N–H and O–H groups in total. The monoisotopic (exact) mass is 232 g/mol. The number of aromatic nitrogens is 1. The van der Waals surface area contributed by atoms with Crippen LogP contribution >= 0.6 is 0 Å². The van der Waals surface area contributed by atoms with Gasteiger partial charge in [0.25, 0.3) is 5.91 Å². The third kappa shape index (κ3) is 2.19. The van der Waals surface area contributed by atoms with Gasteiger partial charge in [-0.05, 0) is 36.8 Å². The number of hydrogen-bond acceptors (Lipinski definition) is 2. The molecule has 1 aliphatic carbocycles. The second-order valence-electron chi connectivity index (χ2n) is 5.30. The SMILES string of the molecule is Cc1nccc(C2(C)CCCCC2)c1C(N)=O. The van der Waals surface area contributed by atoms with Crippen LogP contribution in [0.15, 0.2) is 12.3 Å². The molecule has 0 radical (unpaired) electrons. The Kier molecular flexibility index (Phi) is 3.18. The smallest absolute Gasteiger partial charge is 0.250 e. The van der Waals surface area contributed by atoms with Gasteiger partial charge in [-0.1, -0.05) is 26.2 Å². The van der Waals surface area contributed by atoms with E-state index in [-0.39, 0.29) is 11.3 Å². The molecular formula is C14H20N2O. The normalized spacial score (nSPS) is 18.9. The van der Waals surface area contributed by atoms with Gasteiger partial charge in [-0.3, -0.25) is 9.78 Å². The first-order chi connectivity index (χ1) is 8.04. The summed E-state index contributed by atoms with van der Waals surface area (Å²) >= 11 is 0. The third-order valence-corrected chi connectivity index (χ3v) is 3.99. The Labute approximate surface area is 102 Å². The van der Waals surface area contributed by atoms with Crippen LogP contribution in [0.3, 0.4) is 0 Å². The Hall–Kier alpha value is -1.38. The lowest BCUT2D eigenvalue weighted by Gasteiger charge is -2.35. The highest BCUT2D eigenvalue weighted by Gasteiger charge is 2.32. The van der Waals surface area contributed by atoms with Crippen molar-refractivity contribution < 1.29 is 4.79 Å². The van der Waals surface area contributed by atoms with Crippen molar-refractivity contribution >= 4 is 5.91 Å². The zero-order chi connectivity index (χ0) is 12.5. The summed E-state index contributed by atoms with van der Waals surface area (Å²) in [7, 11) is 0. The van der Waals surface area contributed by atoms with E-state index in [1.807, 2.05) is 13.0 Å². The van der Waals surface area contributed by atoms with Gasteiger partial charge in [-0.2, -0.15) is 0 Å². The summed E-state index contributed by atoms with van der Waals surface area (Å²) in [6.07, 6.45) is 7.82. The van der Waals surface area contributed by atoms with Crippen molar-refractivity contribution in [3.8, 4) is 0 Å². The molecule has 1 saturated carbocycles. The Balaban J connectivity index is 2.50. The maximum absolute atomic E-state index is 11.6. The number of hydrogen-bond donors (Lipinski definition) is 1. The van der Waals surface area contributed by atoms with Crippen LogP contribution in [0.1, 0.15) is 60.6 Å². The second kappa shape index (κ2) is 4.47. The summed E-state index contributed by atoms with van der Waals surface area (Å²) in [5.74, 6) is -0.350. The van der Waals surface area contributed by atoms with Crippen LogP contribution in [0, 0.1) is 6.92 Å². The molecule has 1 aromatic rings. The van der Waals surface area contributed by atoms with Crippen molar-refractivity contribution in [3.05, 3.63) is 29.1 Å². The molecule has 1 amide bonds. The minimum absolute atomic E-state index is 0.0936. The molecule has 0 aromatic carbocycles. The lowest BCUT2D eigenvalue weighted by molar-refractivity contribution is 0.0996. The Bertz CT molecular complexity index is 434. The predicted molar refractivity (Wildman–Crippen MR) is 67.9 cm³/mol. The van der Waals surface area contributed by atoms with Gasteiger partial charge in [0.05, 0.1) is 11.3 Å². The fourth-order valence-corrected chi connectivity index (χ4v) is 2.98. The van der Waals surface area contributed by atoms with E-state index >= 15 is 0 Å². The van der Waals surface area contributed by atoms with Gasteiger partial charge >= 0.3 is 0 Å². The number of primary amides is 1. The van der Waals surface area contributed by atoms with Gasteiger partial charge < -0.3 is 5.73 Å². The van der Waals surface area contributed by atoms with Crippen molar-refractivity contribution in [2.75, 3.05) is 0 Å². The summed E-state index contributed by atoms with van der Waals surface area (Å²) in [6.45, 7) is 4.10. The fourth-order valence-electron chi connectivity index (χ4n) is 2.98. The summed E-state index contributed by atoms with van der Waals surface area (Å²) in [5, 5.41) is 0. The van der Waals surface area contributed by atoms with E-state index in [1.54, 1.807) is 6.20 Å². The van der Waals surface area contributed by atoms with Crippen LogP contribution in [0.25, 0.3) is 0 Å². The van der Waals surface area contributed by atoms with Gasteiger partial charge in [0.15, 0.2) is 0 Å². The Morgan fingerprint density at radius 1 is 1.35 bits per heavy atom. The molecule has 17 heavy (non-hydrogen) atoms. The van der Waals surface area contributed by atoms with E-state index in [2.05, 4.69) is 11.9 Å². The standard InChI is InChI=1S/C14H20N2O/c1-10-12(13(15)17)11(6-9-16-10)14(2)7-4-3-5-8-14/h6,9H,3-5,7-8H2,1-2H3,(H2,15,17). The van der Waals surface area contributed by atoms with Gasteiger partial charge in [-0.25, -0.2) is 0 Å². The molecule has 3 nitrogen and oxygen atoms in total. The molecule has 1 fully saturated rings. The quantitative estimate of drug-likeness (QED) is 0.852. The molecule has 0 bridgehead atoms. The van der Waals surface area contributed by atoms with Gasteiger partial charge in [0.2, 0.25) is 0 Å². The zero-order valence-corrected chi connectivity index (χ0v) is 10.6. The number of nitrogens with zero attached hydrogens (tertiary/aromatic N) is 1. The van der Waals surface area contributed by atoms with E-state index in [0.717, 1.165) is 24.1 Å². The van der Waals surface area contributed by atoms with Crippen molar-refractivity contribution in [3.63, 3.8) is 0 Å². The fraction of sp³-hybridized carbons (Fsp3) is 0.571. The highest BCUT2D eigenvalue weighted by Crippen LogP contribution is 2.40. The number of nitrogens with two attached hydrogens (primary N) is 1. The Morgan fingerprint density at radius 2 is 2.00 bits per heavy atom. The van der Waals surface area contributed by atoms with Gasteiger partial charge in [-0.15, -0.1) is 0 Å². The van der Waals surface area contributed by atoms with Crippen molar-refractivity contribution in [1.82, 2.24) is 4.98 Å². The second-order valence-corrected chi connectivity index (χ2v) is 5.30. The third-order valence-electron chi connectivity index (χ3n) is 3.99. The highest BCUT2D eigenvalue weighted by atomic mass is 16.1. The largest absolute Gasteiger partial charge is 0.366 e. The molecule has 0 aliphatic heterocycles. The van der Waals surface area contributed by atoms with Crippen molar-refractivity contribution in [2.24, 2.45) is 5.73 Å². The topological polar surface area (TPSA) is 56.0 Å². The molecule has 1 aromatic heterocycles. The average Bonchev–Trinajstić information content (AvgIpc) is 2.29. The molecule has 0 saturated heterocycles. The molecule has 0 spiro atoms. The first-order valence-electron chi connectivity index (χ1n) is 6.30. The van der Waals surface area contributed by atoms with E-state index in [4.69, 9.17) is 5.73 Å². The summed E-state index contributed by atoms with van der Waals surface area (Å²) in [6, 6.07) is 1.97. The van der Waals surface area contributed by atoms with Crippen LogP contribution in [0.5, 0.6) is 0 Å². The molecule has 3 heteroatoms.